The molecule has 168 valence electrons. The summed E-state index contributed by atoms with van der Waals surface area (Å²) >= 11 is 0. The van der Waals surface area contributed by atoms with E-state index in [0.717, 1.165) is 29.4 Å². The van der Waals surface area contributed by atoms with Crippen LogP contribution < -0.4 is 10.1 Å². The molecule has 1 fully saturated rings. The van der Waals surface area contributed by atoms with Gasteiger partial charge in [-0.25, -0.2) is 0 Å². The van der Waals surface area contributed by atoms with E-state index >= 15 is 0 Å². The molecule has 0 radical (unpaired) electrons. The largest absolute Gasteiger partial charge is 0.453 e. The van der Waals surface area contributed by atoms with Crippen molar-refractivity contribution in [1.82, 2.24) is 19.8 Å². The lowest BCUT2D eigenvalue weighted by Gasteiger charge is -2.32. The number of aromatic nitrogens is 2. The molecule has 0 bridgehead atoms. The van der Waals surface area contributed by atoms with Crippen molar-refractivity contribution in [2.45, 2.75) is 18.6 Å². The van der Waals surface area contributed by atoms with Crippen LogP contribution in [0.1, 0.15) is 18.0 Å². The van der Waals surface area contributed by atoms with Crippen molar-refractivity contribution in [3.8, 4) is 6.01 Å². The van der Waals surface area contributed by atoms with Crippen LogP contribution >= 0.6 is 0 Å². The van der Waals surface area contributed by atoms with E-state index in [1.807, 2.05) is 54.6 Å². The highest BCUT2D eigenvalue weighted by molar-refractivity contribution is 5.89. The van der Waals surface area contributed by atoms with E-state index in [1.165, 1.54) is 0 Å². The topological polar surface area (TPSA) is 90.8 Å². The van der Waals surface area contributed by atoms with Gasteiger partial charge in [0, 0.05) is 39.1 Å². The Morgan fingerprint density at radius 2 is 1.97 bits per heavy atom. The Bertz CT molecular complexity index is 1060. The van der Waals surface area contributed by atoms with E-state index in [9.17, 15) is 9.90 Å². The van der Waals surface area contributed by atoms with E-state index in [4.69, 9.17) is 4.74 Å². The van der Waals surface area contributed by atoms with E-state index in [2.05, 4.69) is 20.2 Å². The summed E-state index contributed by atoms with van der Waals surface area (Å²) in [4.78, 5) is 25.8. The SMILES string of the molecule is CNc1nc(OCC(=O)N(C)[C@H](CN2CCC(O)C2)c2ccccc2)nc2ccccc12. The molecule has 1 amide bonds. The molecule has 1 aromatic heterocycles. The Morgan fingerprint density at radius 1 is 1.22 bits per heavy atom. The monoisotopic (exact) mass is 435 g/mol. The molecule has 3 aromatic rings. The number of β-amino-alcohol motifs (C(OH)–C–C–N with tert-alkyl or cyclic N) is 1. The number of aliphatic hydroxyl groups excluding tert-OH is 1. The number of para-hydroxylation sites is 1. The number of carbonyl (C=O) groups is 1. The van der Waals surface area contributed by atoms with Gasteiger partial charge in [0.05, 0.1) is 17.7 Å². The Kier molecular flexibility index (Phi) is 6.82. The van der Waals surface area contributed by atoms with Crippen LogP contribution in [0.3, 0.4) is 0 Å². The van der Waals surface area contributed by atoms with Crippen LogP contribution in [0.25, 0.3) is 10.9 Å². The molecule has 2 atom stereocenters. The fraction of sp³-hybridized carbons (Fsp3) is 0.375. The first-order valence-electron chi connectivity index (χ1n) is 10.8. The summed E-state index contributed by atoms with van der Waals surface area (Å²) < 4.78 is 5.71. The van der Waals surface area contributed by atoms with Gasteiger partial charge in [-0.05, 0) is 24.1 Å². The smallest absolute Gasteiger partial charge is 0.319 e. The molecule has 1 aliphatic rings. The molecule has 0 spiro atoms. The summed E-state index contributed by atoms with van der Waals surface area (Å²) in [5.74, 6) is 0.488. The number of anilines is 1. The van der Waals surface area contributed by atoms with Crippen molar-refractivity contribution in [3.63, 3.8) is 0 Å². The summed E-state index contributed by atoms with van der Waals surface area (Å²) in [6, 6.07) is 17.6. The van der Waals surface area contributed by atoms with Crippen LogP contribution in [0.5, 0.6) is 6.01 Å². The number of ether oxygens (including phenoxy) is 1. The van der Waals surface area contributed by atoms with Gasteiger partial charge in [0.25, 0.3) is 5.91 Å². The highest BCUT2D eigenvalue weighted by atomic mass is 16.5. The summed E-state index contributed by atoms with van der Waals surface area (Å²) in [7, 11) is 3.58. The molecule has 8 nitrogen and oxygen atoms in total. The van der Waals surface area contributed by atoms with Crippen molar-refractivity contribution < 1.29 is 14.6 Å². The second-order valence-corrected chi connectivity index (χ2v) is 8.04. The number of nitrogens with one attached hydrogen (secondary N) is 1. The number of hydrogen-bond acceptors (Lipinski definition) is 7. The Balaban J connectivity index is 1.47. The zero-order valence-corrected chi connectivity index (χ0v) is 18.4. The van der Waals surface area contributed by atoms with Crippen LogP contribution in [-0.2, 0) is 4.79 Å². The second-order valence-electron chi connectivity index (χ2n) is 8.04. The standard InChI is InChI=1S/C24H29N5O3/c1-25-23-19-10-6-7-11-20(19)26-24(27-23)32-16-22(31)28(2)21(17-8-4-3-5-9-17)15-29-13-12-18(30)14-29/h3-11,18,21,30H,12-16H2,1-2H3,(H,25,26,27)/t18?,21-/m1/s1. The Hall–Kier alpha value is -3.23. The molecule has 2 aromatic carbocycles. The van der Waals surface area contributed by atoms with Crippen LogP contribution in [0.2, 0.25) is 0 Å². The minimum absolute atomic E-state index is 0.150. The first kappa shape index (κ1) is 22.0. The first-order chi connectivity index (χ1) is 15.5. The molecular weight excluding hydrogens is 406 g/mol. The number of amides is 1. The quantitative estimate of drug-likeness (QED) is 0.561. The third-order valence-electron chi connectivity index (χ3n) is 5.87. The van der Waals surface area contributed by atoms with Gasteiger partial charge >= 0.3 is 6.01 Å². The number of nitrogens with zero attached hydrogens (tertiary/aromatic N) is 4. The van der Waals surface area contributed by atoms with Crippen LogP contribution in [0.4, 0.5) is 5.82 Å². The van der Waals surface area contributed by atoms with Gasteiger partial charge in [0.1, 0.15) is 5.82 Å². The Labute approximate surface area is 187 Å². The molecule has 1 saturated heterocycles. The number of carbonyl (C=O) groups excluding carboxylic acids is 1. The van der Waals surface area contributed by atoms with E-state index in [0.29, 0.717) is 18.9 Å². The zero-order valence-electron chi connectivity index (χ0n) is 18.4. The molecule has 0 saturated carbocycles. The number of aliphatic hydroxyl groups is 1. The molecule has 1 unspecified atom stereocenters. The number of benzene rings is 2. The molecule has 32 heavy (non-hydrogen) atoms. The fourth-order valence-electron chi connectivity index (χ4n) is 4.06. The third kappa shape index (κ3) is 4.98. The van der Waals surface area contributed by atoms with Crippen molar-refractivity contribution >= 4 is 22.6 Å². The van der Waals surface area contributed by atoms with Gasteiger partial charge in [-0.3, -0.25) is 9.69 Å². The van der Waals surface area contributed by atoms with Crippen molar-refractivity contribution in [2.24, 2.45) is 0 Å². The van der Waals surface area contributed by atoms with E-state index in [-0.39, 0.29) is 30.7 Å². The predicted molar refractivity (Wildman–Crippen MR) is 124 cm³/mol. The normalized spacial score (nSPS) is 17.3. The van der Waals surface area contributed by atoms with Gasteiger partial charge in [-0.1, -0.05) is 42.5 Å². The fourth-order valence-corrected chi connectivity index (χ4v) is 4.06. The molecule has 4 rings (SSSR count). The lowest BCUT2D eigenvalue weighted by Crippen LogP contribution is -2.41. The average Bonchev–Trinajstić information content (AvgIpc) is 3.25. The van der Waals surface area contributed by atoms with Gasteiger partial charge in [-0.15, -0.1) is 0 Å². The van der Waals surface area contributed by atoms with E-state index in [1.54, 1.807) is 19.0 Å². The maximum absolute atomic E-state index is 13.0. The number of likely N-dealkylation sites (tertiary alicyclic amines) is 1. The van der Waals surface area contributed by atoms with Gasteiger partial charge in [0.15, 0.2) is 6.61 Å². The van der Waals surface area contributed by atoms with Crippen LogP contribution in [0.15, 0.2) is 54.6 Å². The molecular formula is C24H29N5O3. The van der Waals surface area contributed by atoms with Gasteiger partial charge in [-0.2, -0.15) is 9.97 Å². The Morgan fingerprint density at radius 3 is 2.69 bits per heavy atom. The summed E-state index contributed by atoms with van der Waals surface area (Å²) in [5, 5.41) is 13.8. The zero-order chi connectivity index (χ0) is 22.5. The van der Waals surface area contributed by atoms with Crippen LogP contribution in [0, 0.1) is 0 Å². The van der Waals surface area contributed by atoms with Crippen LogP contribution in [-0.4, -0.2) is 77.2 Å². The summed E-state index contributed by atoms with van der Waals surface area (Å²) in [6.45, 7) is 1.93. The molecule has 2 heterocycles. The number of rotatable bonds is 8. The maximum atomic E-state index is 13.0. The molecule has 1 aliphatic heterocycles. The van der Waals surface area contributed by atoms with Gasteiger partial charge in [0.2, 0.25) is 0 Å². The number of fused-ring (bicyclic) bond motifs is 1. The lowest BCUT2D eigenvalue weighted by atomic mass is 10.0. The molecule has 2 N–H and O–H groups in total. The minimum atomic E-state index is -0.304. The maximum Gasteiger partial charge on any atom is 0.319 e. The highest BCUT2D eigenvalue weighted by Gasteiger charge is 2.28. The molecule has 0 aliphatic carbocycles. The van der Waals surface area contributed by atoms with Crippen molar-refractivity contribution in [1.29, 1.82) is 0 Å². The summed E-state index contributed by atoms with van der Waals surface area (Å²) in [6.07, 6.45) is 0.456. The predicted octanol–water partition coefficient (Wildman–Crippen LogP) is 2.32. The second kappa shape index (κ2) is 9.93. The van der Waals surface area contributed by atoms with E-state index < -0.39 is 0 Å². The lowest BCUT2D eigenvalue weighted by molar-refractivity contribution is -0.134. The number of hydrogen-bond donors (Lipinski definition) is 2. The summed E-state index contributed by atoms with van der Waals surface area (Å²) in [5.41, 5.74) is 1.79. The van der Waals surface area contributed by atoms with Gasteiger partial charge < -0.3 is 20.1 Å². The number of likely N-dealkylation sites (N-methyl/N-ethyl adjacent to an activating group) is 1. The first-order valence-corrected chi connectivity index (χ1v) is 10.8. The molecule has 8 heteroatoms. The van der Waals surface area contributed by atoms with Crippen molar-refractivity contribution in [3.05, 3.63) is 60.2 Å². The third-order valence-corrected chi connectivity index (χ3v) is 5.87. The highest BCUT2D eigenvalue weighted by Crippen LogP contribution is 2.24. The average molecular weight is 436 g/mol. The van der Waals surface area contributed by atoms with Crippen molar-refractivity contribution in [2.75, 3.05) is 45.7 Å². The minimum Gasteiger partial charge on any atom is -0.453 e.